The Kier molecular flexibility index (Phi) is 7.69. The highest BCUT2D eigenvalue weighted by molar-refractivity contribution is 6.26. The molecule has 302 valence electrons. The van der Waals surface area contributed by atoms with E-state index in [1.807, 2.05) is 6.07 Å². The molecule has 0 unspecified atom stereocenters. The SMILES string of the molecule is c1ccc(-c2ccc(-c3oc4cc5oc6c(-c7c8ccccc8c(-c8ccc9oc%10c%11ccccc%11ccc%10c9c8)c8ccccc78)cccc6c5cc4c3-c3ccccc3)cc2)cc1. The first-order valence-electron chi connectivity index (χ1n) is 22.1. The lowest BCUT2D eigenvalue weighted by Crippen LogP contribution is -1.91. The van der Waals surface area contributed by atoms with Gasteiger partial charge in [0.05, 0.1) is 0 Å². The summed E-state index contributed by atoms with van der Waals surface area (Å²) in [5, 5.41) is 12.4. The van der Waals surface area contributed by atoms with Crippen molar-refractivity contribution in [2.45, 2.75) is 0 Å². The molecule has 0 bridgehead atoms. The fraction of sp³-hybridized carbons (Fsp3) is 0. The minimum Gasteiger partial charge on any atom is -0.455 e. The zero-order valence-corrected chi connectivity index (χ0v) is 35.0. The molecule has 0 aliphatic rings. The van der Waals surface area contributed by atoms with Gasteiger partial charge in [0.2, 0.25) is 0 Å². The molecule has 0 spiro atoms. The Morgan fingerprint density at radius 2 is 0.769 bits per heavy atom. The molecular formula is C62H36O3. The molecule has 0 fully saturated rings. The molecule has 3 heteroatoms. The van der Waals surface area contributed by atoms with Gasteiger partial charge in [0.15, 0.2) is 0 Å². The van der Waals surface area contributed by atoms with Crippen molar-refractivity contribution in [1.29, 1.82) is 0 Å². The standard InChI is InChI=1S/C62H36O3/c1-3-14-37(15-4-1)38-26-28-41(29-27-38)60-58(40-17-5-2-6-18-40)53-35-52-48-24-13-25-50(62(48)65-55(52)36-56(53)64-60)59-46-22-11-9-20-44(46)57(45-21-10-12-23-47(45)59)42-31-33-54-51(34-42)49-32-30-39-16-7-8-19-43(39)61(49)63-54/h1-36H. The summed E-state index contributed by atoms with van der Waals surface area (Å²) < 4.78 is 20.4. The van der Waals surface area contributed by atoms with Gasteiger partial charge in [0, 0.05) is 60.6 Å². The molecule has 0 aliphatic carbocycles. The summed E-state index contributed by atoms with van der Waals surface area (Å²) in [6, 6.07) is 77.8. The maximum Gasteiger partial charge on any atom is 0.143 e. The Morgan fingerprint density at radius 3 is 1.51 bits per heavy atom. The predicted octanol–water partition coefficient (Wildman–Crippen LogP) is 18.0. The minimum atomic E-state index is 0.787. The highest BCUT2D eigenvalue weighted by atomic mass is 16.3. The lowest BCUT2D eigenvalue weighted by Gasteiger charge is -2.18. The summed E-state index contributed by atoms with van der Waals surface area (Å²) in [6.07, 6.45) is 0. The van der Waals surface area contributed by atoms with Crippen molar-refractivity contribution >= 4 is 87.2 Å². The van der Waals surface area contributed by atoms with Crippen LogP contribution in [0.5, 0.6) is 0 Å². The van der Waals surface area contributed by atoms with Crippen LogP contribution in [-0.2, 0) is 0 Å². The summed E-state index contributed by atoms with van der Waals surface area (Å²) in [5.74, 6) is 0.843. The van der Waals surface area contributed by atoms with Crippen LogP contribution >= 0.6 is 0 Å². The quantitative estimate of drug-likeness (QED) is 0.162. The van der Waals surface area contributed by atoms with Gasteiger partial charge in [-0.1, -0.05) is 188 Å². The lowest BCUT2D eigenvalue weighted by molar-refractivity contribution is 0.629. The van der Waals surface area contributed by atoms with Gasteiger partial charge in [-0.15, -0.1) is 0 Å². The highest BCUT2D eigenvalue weighted by Crippen LogP contribution is 2.49. The first-order chi connectivity index (χ1) is 32.2. The number of benzene rings is 11. The van der Waals surface area contributed by atoms with Crippen LogP contribution in [-0.4, -0.2) is 0 Å². The van der Waals surface area contributed by atoms with Crippen LogP contribution < -0.4 is 0 Å². The Balaban J connectivity index is 0.964. The monoisotopic (exact) mass is 828 g/mol. The Hall–Kier alpha value is -8.66. The van der Waals surface area contributed by atoms with Crippen LogP contribution in [0.2, 0.25) is 0 Å². The molecule has 3 aromatic heterocycles. The van der Waals surface area contributed by atoms with E-state index in [-0.39, 0.29) is 0 Å². The Labute approximate surface area is 373 Å². The van der Waals surface area contributed by atoms with Gasteiger partial charge in [-0.25, -0.2) is 0 Å². The highest BCUT2D eigenvalue weighted by Gasteiger charge is 2.24. The first-order valence-corrected chi connectivity index (χ1v) is 22.1. The van der Waals surface area contributed by atoms with E-state index in [1.165, 1.54) is 43.6 Å². The third-order valence-electron chi connectivity index (χ3n) is 13.5. The number of para-hydroxylation sites is 1. The van der Waals surface area contributed by atoms with Gasteiger partial charge in [0.1, 0.15) is 33.7 Å². The third-order valence-corrected chi connectivity index (χ3v) is 13.5. The van der Waals surface area contributed by atoms with E-state index in [9.17, 15) is 0 Å². The molecule has 3 nitrogen and oxygen atoms in total. The minimum absolute atomic E-state index is 0.787. The molecule has 3 heterocycles. The molecule has 14 aromatic rings. The van der Waals surface area contributed by atoms with Crippen LogP contribution in [0.4, 0.5) is 0 Å². The van der Waals surface area contributed by atoms with Crippen LogP contribution in [0.1, 0.15) is 0 Å². The van der Waals surface area contributed by atoms with Crippen molar-refractivity contribution in [3.8, 4) is 55.8 Å². The van der Waals surface area contributed by atoms with E-state index < -0.39 is 0 Å². The molecular weight excluding hydrogens is 793 g/mol. The van der Waals surface area contributed by atoms with E-state index in [4.69, 9.17) is 13.3 Å². The molecule has 0 saturated carbocycles. The average Bonchev–Trinajstić information content (AvgIpc) is 4.06. The van der Waals surface area contributed by atoms with Gasteiger partial charge in [-0.05, 0) is 79.0 Å². The number of furan rings is 3. The second-order valence-corrected chi connectivity index (χ2v) is 17.1. The smallest absolute Gasteiger partial charge is 0.143 e. The molecule has 14 rings (SSSR count). The van der Waals surface area contributed by atoms with Crippen molar-refractivity contribution in [2.75, 3.05) is 0 Å². The zero-order chi connectivity index (χ0) is 42.6. The normalized spacial score (nSPS) is 12.0. The van der Waals surface area contributed by atoms with Gasteiger partial charge >= 0.3 is 0 Å². The van der Waals surface area contributed by atoms with Gasteiger partial charge in [-0.3, -0.25) is 0 Å². The number of hydrogen-bond donors (Lipinski definition) is 0. The Bertz CT molecular complexity index is 4150. The molecule has 0 saturated heterocycles. The molecule has 65 heavy (non-hydrogen) atoms. The molecule has 0 radical (unpaired) electrons. The van der Waals surface area contributed by atoms with Crippen LogP contribution in [0, 0.1) is 0 Å². The summed E-state index contributed by atoms with van der Waals surface area (Å²) in [7, 11) is 0. The first kappa shape index (κ1) is 35.9. The number of hydrogen-bond acceptors (Lipinski definition) is 3. The van der Waals surface area contributed by atoms with Gasteiger partial charge in [0.25, 0.3) is 0 Å². The van der Waals surface area contributed by atoms with Crippen LogP contribution in [0.3, 0.4) is 0 Å². The fourth-order valence-corrected chi connectivity index (χ4v) is 10.5. The number of rotatable bonds is 5. The van der Waals surface area contributed by atoms with Crippen LogP contribution in [0.15, 0.2) is 232 Å². The van der Waals surface area contributed by atoms with E-state index in [0.717, 1.165) is 99.4 Å². The molecule has 0 aliphatic heterocycles. The van der Waals surface area contributed by atoms with E-state index in [0.29, 0.717) is 0 Å². The third kappa shape index (κ3) is 5.43. The largest absolute Gasteiger partial charge is 0.455 e. The van der Waals surface area contributed by atoms with E-state index in [1.54, 1.807) is 0 Å². The Morgan fingerprint density at radius 1 is 0.231 bits per heavy atom. The number of fused-ring (bicyclic) bond motifs is 11. The van der Waals surface area contributed by atoms with Crippen molar-refractivity contribution in [1.82, 2.24) is 0 Å². The van der Waals surface area contributed by atoms with Gasteiger partial charge in [-0.2, -0.15) is 0 Å². The zero-order valence-electron chi connectivity index (χ0n) is 35.0. The fourth-order valence-electron chi connectivity index (χ4n) is 10.5. The van der Waals surface area contributed by atoms with Gasteiger partial charge < -0.3 is 13.3 Å². The van der Waals surface area contributed by atoms with Crippen LogP contribution in [0.25, 0.3) is 143 Å². The maximum atomic E-state index is 7.02. The summed E-state index contributed by atoms with van der Waals surface area (Å²) >= 11 is 0. The molecule has 0 amide bonds. The van der Waals surface area contributed by atoms with E-state index >= 15 is 0 Å². The van der Waals surface area contributed by atoms with E-state index in [2.05, 4.69) is 212 Å². The summed E-state index contributed by atoms with van der Waals surface area (Å²) in [5.41, 5.74) is 14.4. The topological polar surface area (TPSA) is 39.4 Å². The van der Waals surface area contributed by atoms with Crippen molar-refractivity contribution in [3.63, 3.8) is 0 Å². The molecule has 11 aromatic carbocycles. The van der Waals surface area contributed by atoms with Crippen molar-refractivity contribution in [2.24, 2.45) is 0 Å². The summed E-state index contributed by atoms with van der Waals surface area (Å²) in [4.78, 5) is 0. The molecule has 0 atom stereocenters. The van der Waals surface area contributed by atoms with Crippen molar-refractivity contribution in [3.05, 3.63) is 218 Å². The second kappa shape index (κ2) is 13.9. The second-order valence-electron chi connectivity index (χ2n) is 17.1. The van der Waals surface area contributed by atoms with Crippen molar-refractivity contribution < 1.29 is 13.3 Å². The summed E-state index contributed by atoms with van der Waals surface area (Å²) in [6.45, 7) is 0. The molecule has 0 N–H and O–H groups in total. The predicted molar refractivity (Wildman–Crippen MR) is 270 cm³/mol. The lowest BCUT2D eigenvalue weighted by atomic mass is 9.85. The maximum absolute atomic E-state index is 7.02. The average molecular weight is 829 g/mol.